The summed E-state index contributed by atoms with van der Waals surface area (Å²) in [7, 11) is -4.07. The van der Waals surface area contributed by atoms with Gasteiger partial charge in [-0.2, -0.15) is 9.41 Å². The summed E-state index contributed by atoms with van der Waals surface area (Å²) < 4.78 is 58.9. The van der Waals surface area contributed by atoms with E-state index in [0.29, 0.717) is 6.07 Å². The Morgan fingerprint density at radius 1 is 1.17 bits per heavy atom. The maximum absolute atomic E-state index is 13.7. The number of hydrogen-bond donors (Lipinski definition) is 1. The number of nitrogens with one attached hydrogen (secondary N) is 1. The van der Waals surface area contributed by atoms with E-state index in [-0.39, 0.29) is 42.4 Å². The maximum Gasteiger partial charge on any atom is 0.270 e. The van der Waals surface area contributed by atoms with Crippen molar-refractivity contribution in [3.63, 3.8) is 0 Å². The molecule has 0 spiro atoms. The minimum Gasteiger partial charge on any atom is -0.379 e. The Balaban J connectivity index is 1.93. The van der Waals surface area contributed by atoms with Crippen LogP contribution in [0.2, 0.25) is 0 Å². The number of sulfonamides is 1. The van der Waals surface area contributed by atoms with Crippen LogP contribution in [0.15, 0.2) is 46.4 Å². The van der Waals surface area contributed by atoms with Crippen molar-refractivity contribution in [1.82, 2.24) is 4.31 Å². The summed E-state index contributed by atoms with van der Waals surface area (Å²) >= 11 is 0. The van der Waals surface area contributed by atoms with Crippen molar-refractivity contribution in [2.75, 3.05) is 31.7 Å². The van der Waals surface area contributed by atoms with Crippen LogP contribution in [0.5, 0.6) is 0 Å². The summed E-state index contributed by atoms with van der Waals surface area (Å²) in [5.41, 5.74) is 2.00. The Hall–Kier alpha value is -2.96. The number of nitro groups is 1. The molecule has 0 bridgehead atoms. The van der Waals surface area contributed by atoms with Crippen LogP contribution in [0.4, 0.5) is 20.2 Å². The molecule has 1 aliphatic rings. The smallest absolute Gasteiger partial charge is 0.270 e. The van der Waals surface area contributed by atoms with E-state index in [0.717, 1.165) is 34.8 Å². The van der Waals surface area contributed by atoms with Crippen LogP contribution in [0.1, 0.15) is 5.56 Å². The summed E-state index contributed by atoms with van der Waals surface area (Å²) in [6.07, 6.45) is 1.04. The first-order valence-corrected chi connectivity index (χ1v) is 9.83. The number of anilines is 1. The minimum atomic E-state index is -4.07. The highest BCUT2D eigenvalue weighted by molar-refractivity contribution is 7.89. The third-order valence-corrected chi connectivity index (χ3v) is 6.05. The predicted octanol–water partition coefficient (Wildman–Crippen LogP) is 2.34. The normalized spacial score (nSPS) is 15.5. The van der Waals surface area contributed by atoms with Gasteiger partial charge in [-0.3, -0.25) is 15.5 Å². The number of non-ortho nitro benzene ring substituents is 1. The fourth-order valence-electron chi connectivity index (χ4n) is 2.63. The van der Waals surface area contributed by atoms with Crippen LogP contribution < -0.4 is 5.43 Å². The number of morpholine rings is 1. The monoisotopic (exact) mass is 426 g/mol. The first kappa shape index (κ1) is 20.8. The molecule has 29 heavy (non-hydrogen) atoms. The second-order valence-electron chi connectivity index (χ2n) is 5.99. The van der Waals surface area contributed by atoms with Gasteiger partial charge in [-0.1, -0.05) is 0 Å². The summed E-state index contributed by atoms with van der Waals surface area (Å²) in [6, 6.07) is 6.14. The lowest BCUT2D eigenvalue weighted by molar-refractivity contribution is -0.385. The van der Waals surface area contributed by atoms with Crippen LogP contribution in [0.25, 0.3) is 0 Å². The molecule has 1 fully saturated rings. The minimum absolute atomic E-state index is 0.0270. The van der Waals surface area contributed by atoms with E-state index in [9.17, 15) is 27.3 Å². The summed E-state index contributed by atoms with van der Waals surface area (Å²) in [4.78, 5) is 10.0. The van der Waals surface area contributed by atoms with Gasteiger partial charge in [0.1, 0.15) is 16.5 Å². The van der Waals surface area contributed by atoms with Gasteiger partial charge in [0.2, 0.25) is 10.0 Å². The van der Waals surface area contributed by atoms with Crippen molar-refractivity contribution in [2.24, 2.45) is 5.10 Å². The molecular formula is C17H16F2N4O5S. The lowest BCUT2D eigenvalue weighted by Gasteiger charge is -2.26. The van der Waals surface area contributed by atoms with Crippen molar-refractivity contribution in [3.05, 3.63) is 63.7 Å². The number of halogens is 2. The van der Waals surface area contributed by atoms with Crippen molar-refractivity contribution in [2.45, 2.75) is 4.90 Å². The van der Waals surface area contributed by atoms with Crippen molar-refractivity contribution in [3.8, 4) is 0 Å². The molecule has 0 radical (unpaired) electrons. The molecule has 2 aromatic rings. The van der Waals surface area contributed by atoms with Gasteiger partial charge in [-0.25, -0.2) is 17.2 Å². The number of benzene rings is 2. The summed E-state index contributed by atoms with van der Waals surface area (Å²) in [6.45, 7) is 0.626. The standard InChI is InChI=1S/C17H16F2N4O5S/c18-13-2-1-12(15(19)9-13)11-20-21-16-4-3-14(23(24)25)10-17(16)29(26,27)22-5-7-28-8-6-22/h1-4,9-11,21H,5-8H2. The fraction of sp³-hybridized carbons (Fsp3) is 0.235. The number of hydrazone groups is 1. The molecular weight excluding hydrogens is 410 g/mol. The van der Waals surface area contributed by atoms with Gasteiger partial charge in [0.15, 0.2) is 0 Å². The van der Waals surface area contributed by atoms with Crippen LogP contribution in [0.3, 0.4) is 0 Å². The predicted molar refractivity (Wildman–Crippen MR) is 100 cm³/mol. The zero-order valence-corrected chi connectivity index (χ0v) is 15.7. The summed E-state index contributed by atoms with van der Waals surface area (Å²) in [5, 5.41) is 14.9. The molecule has 3 rings (SSSR count). The van der Waals surface area contributed by atoms with Gasteiger partial charge in [-0.05, 0) is 18.2 Å². The van der Waals surface area contributed by atoms with E-state index < -0.39 is 32.3 Å². The van der Waals surface area contributed by atoms with Crippen LogP contribution >= 0.6 is 0 Å². The number of nitrogens with zero attached hydrogens (tertiary/aromatic N) is 3. The van der Waals surface area contributed by atoms with Gasteiger partial charge in [-0.15, -0.1) is 0 Å². The Morgan fingerprint density at radius 2 is 1.90 bits per heavy atom. The van der Waals surface area contributed by atoms with Crippen LogP contribution in [-0.4, -0.2) is 50.2 Å². The topological polar surface area (TPSA) is 114 Å². The zero-order valence-electron chi connectivity index (χ0n) is 14.9. The molecule has 0 aromatic heterocycles. The van der Waals surface area contributed by atoms with Gasteiger partial charge >= 0.3 is 0 Å². The first-order chi connectivity index (χ1) is 13.8. The Labute approximate surface area is 164 Å². The molecule has 1 aliphatic heterocycles. The molecule has 12 heteroatoms. The largest absolute Gasteiger partial charge is 0.379 e. The number of rotatable bonds is 6. The molecule has 1 N–H and O–H groups in total. The highest BCUT2D eigenvalue weighted by Gasteiger charge is 2.30. The van der Waals surface area contributed by atoms with Gasteiger partial charge in [0.05, 0.1) is 30.0 Å². The fourth-order valence-corrected chi connectivity index (χ4v) is 4.20. The second-order valence-corrected chi connectivity index (χ2v) is 7.90. The molecule has 9 nitrogen and oxygen atoms in total. The third-order valence-electron chi connectivity index (χ3n) is 4.12. The average Bonchev–Trinajstić information content (AvgIpc) is 2.70. The second kappa shape index (κ2) is 8.59. The van der Waals surface area contributed by atoms with E-state index in [1.165, 1.54) is 6.07 Å². The van der Waals surface area contributed by atoms with E-state index >= 15 is 0 Å². The van der Waals surface area contributed by atoms with E-state index in [2.05, 4.69) is 10.5 Å². The molecule has 2 aromatic carbocycles. The number of hydrogen-bond acceptors (Lipinski definition) is 7. The highest BCUT2D eigenvalue weighted by Crippen LogP contribution is 2.29. The van der Waals surface area contributed by atoms with E-state index in [4.69, 9.17) is 4.74 Å². The van der Waals surface area contributed by atoms with Crippen molar-refractivity contribution in [1.29, 1.82) is 0 Å². The summed E-state index contributed by atoms with van der Waals surface area (Å²) in [5.74, 6) is -1.60. The molecule has 0 aliphatic carbocycles. The molecule has 1 saturated heterocycles. The highest BCUT2D eigenvalue weighted by atomic mass is 32.2. The lowest BCUT2D eigenvalue weighted by atomic mass is 10.2. The molecule has 1 heterocycles. The molecule has 0 amide bonds. The van der Waals surface area contributed by atoms with Crippen LogP contribution in [-0.2, 0) is 14.8 Å². The Morgan fingerprint density at radius 3 is 2.55 bits per heavy atom. The zero-order chi connectivity index (χ0) is 21.0. The van der Waals surface area contributed by atoms with Crippen LogP contribution in [0, 0.1) is 21.7 Å². The lowest BCUT2D eigenvalue weighted by Crippen LogP contribution is -2.40. The Kier molecular flexibility index (Phi) is 6.15. The Bertz CT molecular complexity index is 1060. The van der Waals surface area contributed by atoms with Crippen molar-refractivity contribution >= 4 is 27.6 Å². The molecule has 0 unspecified atom stereocenters. The van der Waals surface area contributed by atoms with Gasteiger partial charge in [0, 0.05) is 36.9 Å². The first-order valence-electron chi connectivity index (χ1n) is 8.39. The van der Waals surface area contributed by atoms with Gasteiger partial charge in [0.25, 0.3) is 5.69 Å². The SMILES string of the molecule is O=[N+]([O-])c1ccc(NN=Cc2ccc(F)cc2F)c(S(=O)(=O)N2CCOCC2)c1. The maximum atomic E-state index is 13.7. The van der Waals surface area contributed by atoms with E-state index in [1.807, 2.05) is 0 Å². The van der Waals surface area contributed by atoms with Crippen molar-refractivity contribution < 1.29 is 26.9 Å². The molecule has 0 atom stereocenters. The third kappa shape index (κ3) is 4.72. The number of nitro benzene ring substituents is 1. The quantitative estimate of drug-likeness (QED) is 0.431. The molecule has 154 valence electrons. The van der Waals surface area contributed by atoms with Gasteiger partial charge < -0.3 is 4.74 Å². The van der Waals surface area contributed by atoms with E-state index in [1.54, 1.807) is 0 Å². The number of ether oxygens (including phenoxy) is 1. The average molecular weight is 426 g/mol. The molecule has 0 saturated carbocycles.